The molecule has 0 atom stereocenters. The molecule has 0 aromatic carbocycles. The molecule has 0 aliphatic carbocycles. The molecule has 1 aliphatic rings. The number of carbonyl (C=O) groups is 1. The number of pyridine rings is 1. The molecule has 0 saturated carbocycles. The molecule has 1 amide bonds. The maximum absolute atomic E-state index is 12.4. The third-order valence-electron chi connectivity index (χ3n) is 3.34. The number of likely N-dealkylation sites (tertiary alicyclic amines) is 1. The van der Waals surface area contributed by atoms with Crippen LogP contribution in [0.25, 0.3) is 0 Å². The number of sulfonamides is 1. The minimum Gasteiger partial charge on any atom is -0.444 e. The van der Waals surface area contributed by atoms with E-state index in [-0.39, 0.29) is 10.9 Å². The average molecular weight is 327 g/mol. The molecular weight excluding hydrogens is 306 g/mol. The van der Waals surface area contributed by atoms with Crippen molar-refractivity contribution >= 4 is 16.1 Å². The normalized spacial score (nSPS) is 16.5. The monoisotopic (exact) mass is 327 g/mol. The van der Waals surface area contributed by atoms with Crippen LogP contribution in [-0.2, 0) is 14.8 Å². The molecule has 7 nitrogen and oxygen atoms in total. The Labute approximate surface area is 130 Å². The summed E-state index contributed by atoms with van der Waals surface area (Å²) in [6.07, 6.45) is 2.42. The van der Waals surface area contributed by atoms with Gasteiger partial charge in [-0.3, -0.25) is 4.98 Å². The molecule has 2 heterocycles. The van der Waals surface area contributed by atoms with Crippen LogP contribution in [0.5, 0.6) is 0 Å². The van der Waals surface area contributed by atoms with E-state index in [4.69, 9.17) is 4.74 Å². The molecule has 0 spiro atoms. The van der Waals surface area contributed by atoms with Gasteiger partial charge in [0.1, 0.15) is 10.5 Å². The van der Waals surface area contributed by atoms with Crippen molar-refractivity contribution in [3.8, 4) is 0 Å². The molecule has 0 N–H and O–H groups in total. The Morgan fingerprint density at radius 2 is 2.05 bits per heavy atom. The maximum Gasteiger partial charge on any atom is 0.410 e. The lowest BCUT2D eigenvalue weighted by molar-refractivity contribution is -0.00134. The van der Waals surface area contributed by atoms with Crippen molar-refractivity contribution in [2.45, 2.75) is 37.3 Å². The number of amides is 1. The van der Waals surface area contributed by atoms with Gasteiger partial charge in [0.25, 0.3) is 0 Å². The lowest BCUT2D eigenvalue weighted by atomic mass is 10.1. The largest absolute Gasteiger partial charge is 0.444 e. The molecular formula is C14H21N3O4S. The first kappa shape index (κ1) is 16.7. The lowest BCUT2D eigenvalue weighted by Gasteiger charge is -2.43. The van der Waals surface area contributed by atoms with Crippen molar-refractivity contribution in [1.29, 1.82) is 0 Å². The summed E-state index contributed by atoms with van der Waals surface area (Å²) < 4.78 is 31.4. The average Bonchev–Trinajstić information content (AvgIpc) is 2.35. The molecule has 1 saturated heterocycles. The third-order valence-corrected chi connectivity index (χ3v) is 5.23. The highest BCUT2D eigenvalue weighted by Crippen LogP contribution is 2.23. The van der Waals surface area contributed by atoms with Crippen LogP contribution >= 0.6 is 0 Å². The Morgan fingerprint density at radius 3 is 2.55 bits per heavy atom. The highest BCUT2D eigenvalue weighted by Gasteiger charge is 2.40. The zero-order valence-electron chi connectivity index (χ0n) is 13.2. The number of rotatable bonds is 3. The standard InChI is InChI=1S/C14H21N3O4S/c1-14(2,3)21-13(18)17-9-11(10-17)16(4)22(19,20)12-6-5-7-15-8-12/h5-8,11H,9-10H2,1-4H3. The van der Waals surface area contributed by atoms with Gasteiger partial charge in [0, 0.05) is 32.5 Å². The fourth-order valence-corrected chi connectivity index (χ4v) is 3.33. The van der Waals surface area contributed by atoms with Gasteiger partial charge in [-0.25, -0.2) is 13.2 Å². The van der Waals surface area contributed by atoms with Crippen LogP contribution in [0.1, 0.15) is 20.8 Å². The van der Waals surface area contributed by atoms with E-state index in [1.54, 1.807) is 26.8 Å². The van der Waals surface area contributed by atoms with Gasteiger partial charge in [-0.15, -0.1) is 0 Å². The Bertz CT molecular complexity index is 634. The number of hydrogen-bond donors (Lipinski definition) is 0. The summed E-state index contributed by atoms with van der Waals surface area (Å²) in [4.78, 5) is 17.3. The minimum absolute atomic E-state index is 0.146. The molecule has 0 bridgehead atoms. The second-order valence-electron chi connectivity index (χ2n) is 6.25. The van der Waals surface area contributed by atoms with Gasteiger partial charge in [0.05, 0.1) is 6.04 Å². The van der Waals surface area contributed by atoms with E-state index in [9.17, 15) is 13.2 Å². The Morgan fingerprint density at radius 1 is 1.41 bits per heavy atom. The van der Waals surface area contributed by atoms with Gasteiger partial charge in [-0.2, -0.15) is 4.31 Å². The van der Waals surface area contributed by atoms with Crippen LogP contribution < -0.4 is 0 Å². The van der Waals surface area contributed by atoms with E-state index in [1.165, 1.54) is 34.7 Å². The van der Waals surface area contributed by atoms with Crippen molar-refractivity contribution in [3.63, 3.8) is 0 Å². The lowest BCUT2D eigenvalue weighted by Crippen LogP contribution is -2.61. The molecule has 0 unspecified atom stereocenters. The third kappa shape index (κ3) is 3.56. The molecule has 22 heavy (non-hydrogen) atoms. The highest BCUT2D eigenvalue weighted by molar-refractivity contribution is 7.89. The van der Waals surface area contributed by atoms with Crippen LogP contribution in [0.15, 0.2) is 29.4 Å². The van der Waals surface area contributed by atoms with Gasteiger partial charge in [-0.05, 0) is 32.9 Å². The molecule has 1 fully saturated rings. The Kier molecular flexibility index (Phi) is 4.44. The molecule has 122 valence electrons. The zero-order valence-corrected chi connectivity index (χ0v) is 14.0. The molecule has 2 rings (SSSR count). The molecule has 8 heteroatoms. The van der Waals surface area contributed by atoms with E-state index >= 15 is 0 Å². The fourth-order valence-electron chi connectivity index (χ4n) is 2.02. The molecule has 1 aromatic heterocycles. The Balaban J connectivity index is 1.97. The number of carbonyl (C=O) groups excluding carboxylic acids is 1. The smallest absolute Gasteiger partial charge is 0.410 e. The van der Waals surface area contributed by atoms with Crippen LogP contribution in [-0.4, -0.2) is 60.5 Å². The highest BCUT2D eigenvalue weighted by atomic mass is 32.2. The van der Waals surface area contributed by atoms with Gasteiger partial charge >= 0.3 is 6.09 Å². The van der Waals surface area contributed by atoms with E-state index in [0.717, 1.165) is 0 Å². The second kappa shape index (κ2) is 5.85. The van der Waals surface area contributed by atoms with Crippen LogP contribution in [0.2, 0.25) is 0 Å². The molecule has 1 aliphatic heterocycles. The summed E-state index contributed by atoms with van der Waals surface area (Å²) in [5, 5.41) is 0. The fraction of sp³-hybridized carbons (Fsp3) is 0.571. The van der Waals surface area contributed by atoms with E-state index < -0.39 is 21.7 Å². The maximum atomic E-state index is 12.4. The van der Waals surface area contributed by atoms with E-state index in [2.05, 4.69) is 4.98 Å². The summed E-state index contributed by atoms with van der Waals surface area (Å²) in [5.74, 6) is 0. The predicted molar refractivity (Wildman–Crippen MR) is 80.8 cm³/mol. The summed E-state index contributed by atoms with van der Waals surface area (Å²) in [7, 11) is -2.08. The minimum atomic E-state index is -3.59. The van der Waals surface area contributed by atoms with E-state index in [1.807, 2.05) is 0 Å². The van der Waals surface area contributed by atoms with Crippen molar-refractivity contribution < 1.29 is 17.9 Å². The number of ether oxygens (including phenoxy) is 1. The summed E-state index contributed by atoms with van der Waals surface area (Å²) in [5.41, 5.74) is -0.560. The van der Waals surface area contributed by atoms with Gasteiger partial charge in [0.15, 0.2) is 0 Å². The van der Waals surface area contributed by atoms with Gasteiger partial charge < -0.3 is 9.64 Å². The summed E-state index contributed by atoms with van der Waals surface area (Å²) in [6, 6.07) is 2.83. The Hall–Kier alpha value is -1.67. The van der Waals surface area contributed by atoms with Crippen LogP contribution in [0.4, 0.5) is 4.79 Å². The van der Waals surface area contributed by atoms with E-state index in [0.29, 0.717) is 13.1 Å². The van der Waals surface area contributed by atoms with Crippen molar-refractivity contribution in [2.24, 2.45) is 0 Å². The van der Waals surface area contributed by atoms with Crippen molar-refractivity contribution in [1.82, 2.24) is 14.2 Å². The van der Waals surface area contributed by atoms with Crippen LogP contribution in [0, 0.1) is 0 Å². The first-order chi connectivity index (χ1) is 10.1. The molecule has 1 aromatic rings. The first-order valence-electron chi connectivity index (χ1n) is 6.97. The first-order valence-corrected chi connectivity index (χ1v) is 8.41. The predicted octanol–water partition coefficient (Wildman–Crippen LogP) is 1.32. The number of hydrogen-bond acceptors (Lipinski definition) is 5. The molecule has 0 radical (unpaired) electrons. The van der Waals surface area contributed by atoms with Crippen LogP contribution in [0.3, 0.4) is 0 Å². The van der Waals surface area contributed by atoms with Gasteiger partial charge in [-0.1, -0.05) is 0 Å². The topological polar surface area (TPSA) is 79.8 Å². The second-order valence-corrected chi connectivity index (χ2v) is 8.25. The number of likely N-dealkylation sites (N-methyl/N-ethyl adjacent to an activating group) is 1. The van der Waals surface area contributed by atoms with Crippen molar-refractivity contribution in [2.75, 3.05) is 20.1 Å². The zero-order chi connectivity index (χ0) is 16.5. The number of aromatic nitrogens is 1. The van der Waals surface area contributed by atoms with Gasteiger partial charge in [0.2, 0.25) is 10.0 Å². The SMILES string of the molecule is CN(C1CN(C(=O)OC(C)(C)C)C1)S(=O)(=O)c1cccnc1. The summed E-state index contributed by atoms with van der Waals surface area (Å²) >= 11 is 0. The summed E-state index contributed by atoms with van der Waals surface area (Å²) in [6.45, 7) is 6.03. The number of nitrogens with zero attached hydrogens (tertiary/aromatic N) is 3. The quantitative estimate of drug-likeness (QED) is 0.836. The van der Waals surface area contributed by atoms with Crippen molar-refractivity contribution in [3.05, 3.63) is 24.5 Å².